The molecule has 1 aromatic carbocycles. The Morgan fingerprint density at radius 2 is 1.84 bits per heavy atom. The van der Waals surface area contributed by atoms with E-state index in [1.807, 2.05) is 0 Å². The molecule has 0 radical (unpaired) electrons. The number of rotatable bonds is 7. The van der Waals surface area contributed by atoms with Gasteiger partial charge in [0.2, 0.25) is 0 Å². The lowest BCUT2D eigenvalue weighted by atomic mass is 10.1. The van der Waals surface area contributed by atoms with E-state index in [0.717, 1.165) is 32.7 Å². The smallest absolute Gasteiger partial charge is 0.0648 e. The van der Waals surface area contributed by atoms with E-state index < -0.39 is 0 Å². The van der Waals surface area contributed by atoms with Crippen LogP contribution in [0.4, 0.5) is 5.69 Å². The van der Waals surface area contributed by atoms with Crippen molar-refractivity contribution < 1.29 is 4.74 Å². The summed E-state index contributed by atoms with van der Waals surface area (Å²) in [5, 5.41) is 0. The molecule has 2 N–H and O–H groups in total. The number of ether oxygens (including phenoxy) is 1. The van der Waals surface area contributed by atoms with E-state index in [1.165, 1.54) is 11.3 Å². The Hall–Kier alpha value is -1.06. The first-order valence-corrected chi connectivity index (χ1v) is 7.08. The predicted octanol–water partition coefficient (Wildman–Crippen LogP) is 2.97. The Kier molecular flexibility index (Phi) is 6.32. The molecule has 0 unspecified atom stereocenters. The summed E-state index contributed by atoms with van der Waals surface area (Å²) in [6.07, 6.45) is 1.00. The average Bonchev–Trinajstić information content (AvgIpc) is 2.33. The minimum Gasteiger partial charge on any atom is -0.374 e. The number of para-hydroxylation sites is 1. The van der Waals surface area contributed by atoms with Crippen LogP contribution in [0.25, 0.3) is 0 Å². The second-order valence-electron chi connectivity index (χ2n) is 5.88. The van der Waals surface area contributed by atoms with Gasteiger partial charge in [0, 0.05) is 18.8 Å². The van der Waals surface area contributed by atoms with Crippen LogP contribution in [0.3, 0.4) is 0 Å². The minimum atomic E-state index is -0.0781. The van der Waals surface area contributed by atoms with Crippen molar-refractivity contribution in [1.82, 2.24) is 0 Å². The molecule has 1 aromatic rings. The molecule has 0 aromatic heterocycles. The number of hydrogen-bond donors (Lipinski definition) is 1. The lowest BCUT2D eigenvalue weighted by Gasteiger charge is -2.28. The fourth-order valence-electron chi connectivity index (χ4n) is 2.02. The molecule has 19 heavy (non-hydrogen) atoms. The van der Waals surface area contributed by atoms with Gasteiger partial charge in [0.25, 0.3) is 0 Å². The Morgan fingerprint density at radius 3 is 2.42 bits per heavy atom. The Morgan fingerprint density at radius 1 is 1.16 bits per heavy atom. The Labute approximate surface area is 117 Å². The van der Waals surface area contributed by atoms with Gasteiger partial charge in [0.1, 0.15) is 0 Å². The monoisotopic (exact) mass is 264 g/mol. The van der Waals surface area contributed by atoms with Crippen LogP contribution in [-0.4, -0.2) is 31.8 Å². The van der Waals surface area contributed by atoms with Crippen LogP contribution in [0.5, 0.6) is 0 Å². The molecule has 0 atom stereocenters. The van der Waals surface area contributed by atoms with E-state index in [2.05, 4.69) is 56.9 Å². The molecule has 0 amide bonds. The average molecular weight is 264 g/mol. The van der Waals surface area contributed by atoms with Crippen LogP contribution in [0, 0.1) is 6.92 Å². The summed E-state index contributed by atoms with van der Waals surface area (Å²) in [5.74, 6) is 0. The molecule has 0 saturated heterocycles. The normalized spacial score (nSPS) is 11.6. The Balaban J connectivity index is 2.64. The number of anilines is 1. The van der Waals surface area contributed by atoms with Crippen molar-refractivity contribution in [2.75, 3.05) is 31.1 Å². The third kappa shape index (κ3) is 6.08. The number of hydrogen-bond acceptors (Lipinski definition) is 3. The second kappa shape index (κ2) is 7.51. The van der Waals surface area contributed by atoms with E-state index in [4.69, 9.17) is 10.5 Å². The number of benzene rings is 1. The van der Waals surface area contributed by atoms with Crippen molar-refractivity contribution in [3.8, 4) is 0 Å². The molecule has 108 valence electrons. The first-order chi connectivity index (χ1) is 8.94. The van der Waals surface area contributed by atoms with Gasteiger partial charge in [-0.1, -0.05) is 18.2 Å². The zero-order chi connectivity index (χ0) is 14.3. The van der Waals surface area contributed by atoms with Crippen molar-refractivity contribution >= 4 is 5.69 Å². The van der Waals surface area contributed by atoms with Gasteiger partial charge >= 0.3 is 0 Å². The summed E-state index contributed by atoms with van der Waals surface area (Å²) in [5.41, 5.74) is 8.14. The first-order valence-electron chi connectivity index (χ1n) is 7.08. The molecule has 3 heteroatoms. The summed E-state index contributed by atoms with van der Waals surface area (Å²) < 4.78 is 5.83. The summed E-state index contributed by atoms with van der Waals surface area (Å²) in [6, 6.07) is 8.48. The van der Waals surface area contributed by atoms with E-state index in [9.17, 15) is 0 Å². The minimum absolute atomic E-state index is 0.0781. The lowest BCUT2D eigenvalue weighted by Crippen LogP contribution is -2.32. The fourth-order valence-corrected chi connectivity index (χ4v) is 2.02. The van der Waals surface area contributed by atoms with Gasteiger partial charge in [-0.15, -0.1) is 0 Å². The molecule has 0 bridgehead atoms. The Bertz CT molecular complexity index is 371. The predicted molar refractivity (Wildman–Crippen MR) is 82.8 cm³/mol. The molecular formula is C16H28N2O. The third-order valence-electron chi connectivity index (χ3n) is 2.98. The molecule has 0 aliphatic heterocycles. The molecule has 0 fully saturated rings. The highest BCUT2D eigenvalue weighted by Crippen LogP contribution is 2.19. The number of nitrogens with two attached hydrogens (primary N) is 1. The van der Waals surface area contributed by atoms with Gasteiger partial charge in [-0.3, -0.25) is 0 Å². The van der Waals surface area contributed by atoms with Crippen LogP contribution >= 0.6 is 0 Å². The van der Waals surface area contributed by atoms with Crippen molar-refractivity contribution in [3.63, 3.8) is 0 Å². The van der Waals surface area contributed by atoms with Crippen molar-refractivity contribution in [2.24, 2.45) is 5.73 Å². The topological polar surface area (TPSA) is 38.5 Å². The summed E-state index contributed by atoms with van der Waals surface area (Å²) in [7, 11) is 0. The summed E-state index contributed by atoms with van der Waals surface area (Å²) >= 11 is 0. The van der Waals surface area contributed by atoms with Gasteiger partial charge in [0.05, 0.1) is 12.2 Å². The fraction of sp³-hybridized carbons (Fsp3) is 0.625. The van der Waals surface area contributed by atoms with Gasteiger partial charge in [-0.2, -0.15) is 0 Å². The summed E-state index contributed by atoms with van der Waals surface area (Å²) in [6.45, 7) is 11.8. The van der Waals surface area contributed by atoms with Gasteiger partial charge in [-0.05, 0) is 52.3 Å². The first kappa shape index (κ1) is 16.0. The van der Waals surface area contributed by atoms with Crippen LogP contribution in [0.1, 0.15) is 32.8 Å². The lowest BCUT2D eigenvalue weighted by molar-refractivity contribution is 0.00135. The van der Waals surface area contributed by atoms with Gasteiger partial charge < -0.3 is 15.4 Å². The molecule has 0 aliphatic carbocycles. The van der Waals surface area contributed by atoms with Crippen molar-refractivity contribution in [1.29, 1.82) is 0 Å². The zero-order valence-electron chi connectivity index (χ0n) is 12.8. The van der Waals surface area contributed by atoms with Gasteiger partial charge in [-0.25, -0.2) is 0 Å². The van der Waals surface area contributed by atoms with Crippen molar-refractivity contribution in [2.45, 2.75) is 39.7 Å². The highest BCUT2D eigenvalue weighted by molar-refractivity contribution is 5.52. The second-order valence-corrected chi connectivity index (χ2v) is 5.88. The number of aryl methyl sites for hydroxylation is 1. The van der Waals surface area contributed by atoms with Crippen LogP contribution in [-0.2, 0) is 4.74 Å². The van der Waals surface area contributed by atoms with Crippen LogP contribution in [0.15, 0.2) is 24.3 Å². The molecule has 3 nitrogen and oxygen atoms in total. The SMILES string of the molecule is Cc1ccccc1N(CCCN)CCOC(C)(C)C. The van der Waals surface area contributed by atoms with Crippen LogP contribution < -0.4 is 10.6 Å². The maximum absolute atomic E-state index is 5.83. The molecule has 1 rings (SSSR count). The van der Waals surface area contributed by atoms with E-state index in [0.29, 0.717) is 0 Å². The number of nitrogens with zero attached hydrogens (tertiary/aromatic N) is 1. The molecule has 0 spiro atoms. The molecule has 0 heterocycles. The maximum Gasteiger partial charge on any atom is 0.0648 e. The molecule has 0 aliphatic rings. The molecule has 0 saturated carbocycles. The van der Waals surface area contributed by atoms with Gasteiger partial charge in [0.15, 0.2) is 0 Å². The quantitative estimate of drug-likeness (QED) is 0.823. The van der Waals surface area contributed by atoms with Crippen LogP contribution in [0.2, 0.25) is 0 Å². The zero-order valence-corrected chi connectivity index (χ0v) is 12.8. The largest absolute Gasteiger partial charge is 0.374 e. The summed E-state index contributed by atoms with van der Waals surface area (Å²) in [4.78, 5) is 2.37. The third-order valence-corrected chi connectivity index (χ3v) is 2.98. The van der Waals surface area contributed by atoms with E-state index in [1.54, 1.807) is 0 Å². The maximum atomic E-state index is 5.83. The highest BCUT2D eigenvalue weighted by atomic mass is 16.5. The van der Waals surface area contributed by atoms with E-state index >= 15 is 0 Å². The standard InChI is InChI=1S/C16H28N2O/c1-14-8-5-6-9-15(14)18(11-7-10-17)12-13-19-16(2,3)4/h5-6,8-9H,7,10-13,17H2,1-4H3. The van der Waals surface area contributed by atoms with E-state index in [-0.39, 0.29) is 5.60 Å². The molecular weight excluding hydrogens is 236 g/mol. The van der Waals surface area contributed by atoms with Crippen molar-refractivity contribution in [3.05, 3.63) is 29.8 Å². The highest BCUT2D eigenvalue weighted by Gasteiger charge is 2.12.